The summed E-state index contributed by atoms with van der Waals surface area (Å²) < 4.78 is 12.7. The number of nitrogen functional groups attached to an aromatic ring is 1. The van der Waals surface area contributed by atoms with Crippen LogP contribution in [0.3, 0.4) is 0 Å². The Balaban J connectivity index is 2.19. The van der Waals surface area contributed by atoms with E-state index in [1.54, 1.807) is 30.3 Å². The minimum absolute atomic E-state index is 0.115. The van der Waals surface area contributed by atoms with Gasteiger partial charge in [-0.05, 0) is 35.9 Å². The van der Waals surface area contributed by atoms with Gasteiger partial charge in [0.05, 0.1) is 0 Å². The first-order chi connectivity index (χ1) is 8.56. The molecular weight excluding hydrogens is 253 g/mol. The maximum atomic E-state index is 12.7. The SMILES string of the molecule is Nc1cc(Cl)ccc1C(=O)Cc1ccc(F)cc1. The van der Waals surface area contributed by atoms with Crippen molar-refractivity contribution in [3.63, 3.8) is 0 Å². The molecule has 4 heteroatoms. The van der Waals surface area contributed by atoms with Crippen molar-refractivity contribution in [2.75, 3.05) is 5.73 Å². The van der Waals surface area contributed by atoms with Gasteiger partial charge in [0.1, 0.15) is 5.82 Å². The fourth-order valence-electron chi connectivity index (χ4n) is 1.67. The average Bonchev–Trinajstić information content (AvgIpc) is 2.32. The highest BCUT2D eigenvalue weighted by Gasteiger charge is 2.10. The highest BCUT2D eigenvalue weighted by molar-refractivity contribution is 6.31. The van der Waals surface area contributed by atoms with Crippen LogP contribution in [0.4, 0.5) is 10.1 Å². The Bertz CT molecular complexity index is 581. The summed E-state index contributed by atoms with van der Waals surface area (Å²) >= 11 is 5.77. The third kappa shape index (κ3) is 2.87. The maximum absolute atomic E-state index is 12.7. The molecule has 0 amide bonds. The predicted molar refractivity (Wildman–Crippen MR) is 70.3 cm³/mol. The number of hydrogen-bond acceptors (Lipinski definition) is 2. The van der Waals surface area contributed by atoms with E-state index in [0.717, 1.165) is 5.56 Å². The molecule has 0 saturated heterocycles. The second-order valence-corrected chi connectivity index (χ2v) is 4.39. The van der Waals surface area contributed by atoms with Crippen LogP contribution in [0.15, 0.2) is 42.5 Å². The van der Waals surface area contributed by atoms with Crippen LogP contribution in [0.5, 0.6) is 0 Å². The molecule has 2 aromatic rings. The Morgan fingerprint density at radius 1 is 1.17 bits per heavy atom. The Labute approximate surface area is 109 Å². The fourth-order valence-corrected chi connectivity index (χ4v) is 1.85. The standard InChI is InChI=1S/C14H11ClFNO/c15-10-3-6-12(13(17)8-10)14(18)7-9-1-4-11(16)5-2-9/h1-6,8H,7,17H2. The molecule has 0 atom stereocenters. The summed E-state index contributed by atoms with van der Waals surface area (Å²) in [6.07, 6.45) is 0.187. The van der Waals surface area contributed by atoms with E-state index in [-0.39, 0.29) is 18.0 Å². The van der Waals surface area contributed by atoms with Crippen LogP contribution in [0.2, 0.25) is 5.02 Å². The molecule has 0 radical (unpaired) electrons. The zero-order chi connectivity index (χ0) is 13.1. The molecule has 0 aliphatic heterocycles. The van der Waals surface area contributed by atoms with E-state index < -0.39 is 0 Å². The molecule has 2 rings (SSSR count). The van der Waals surface area contributed by atoms with Gasteiger partial charge in [-0.3, -0.25) is 4.79 Å². The van der Waals surface area contributed by atoms with Crippen LogP contribution in [-0.2, 0) is 6.42 Å². The van der Waals surface area contributed by atoms with Crippen LogP contribution in [0, 0.1) is 5.82 Å². The van der Waals surface area contributed by atoms with Crippen molar-refractivity contribution in [1.82, 2.24) is 0 Å². The van der Waals surface area contributed by atoms with Crippen LogP contribution in [0.25, 0.3) is 0 Å². The molecule has 0 spiro atoms. The molecular formula is C14H11ClFNO. The van der Waals surface area contributed by atoms with Gasteiger partial charge in [0.25, 0.3) is 0 Å². The molecule has 0 aliphatic rings. The third-order valence-corrected chi connectivity index (χ3v) is 2.83. The highest BCUT2D eigenvalue weighted by Crippen LogP contribution is 2.19. The van der Waals surface area contributed by atoms with E-state index in [1.165, 1.54) is 12.1 Å². The molecule has 2 nitrogen and oxygen atoms in total. The van der Waals surface area contributed by atoms with Gasteiger partial charge >= 0.3 is 0 Å². The Hall–Kier alpha value is -1.87. The van der Waals surface area contributed by atoms with Crippen LogP contribution in [-0.4, -0.2) is 5.78 Å². The summed E-state index contributed by atoms with van der Waals surface area (Å²) in [5, 5.41) is 0.492. The number of ketones is 1. The van der Waals surface area contributed by atoms with Gasteiger partial charge in [0, 0.05) is 22.7 Å². The lowest BCUT2D eigenvalue weighted by atomic mass is 10.0. The summed E-state index contributed by atoms with van der Waals surface area (Å²) in [7, 11) is 0. The summed E-state index contributed by atoms with van der Waals surface area (Å²) in [6.45, 7) is 0. The number of hydrogen-bond donors (Lipinski definition) is 1. The van der Waals surface area contributed by atoms with Crippen molar-refractivity contribution in [1.29, 1.82) is 0 Å². The molecule has 0 aromatic heterocycles. The molecule has 0 fully saturated rings. The first-order valence-electron chi connectivity index (χ1n) is 5.39. The second kappa shape index (κ2) is 5.19. The molecule has 92 valence electrons. The maximum Gasteiger partial charge on any atom is 0.169 e. The number of halogens is 2. The quantitative estimate of drug-likeness (QED) is 0.680. The van der Waals surface area contributed by atoms with Crippen molar-refractivity contribution >= 4 is 23.1 Å². The summed E-state index contributed by atoms with van der Waals surface area (Å²) in [5.41, 5.74) is 7.27. The fraction of sp³-hybridized carbons (Fsp3) is 0.0714. The topological polar surface area (TPSA) is 43.1 Å². The van der Waals surface area contributed by atoms with Crippen LogP contribution in [0.1, 0.15) is 15.9 Å². The zero-order valence-electron chi connectivity index (χ0n) is 9.49. The molecule has 2 N–H and O–H groups in total. The number of rotatable bonds is 3. The summed E-state index contributed by atoms with van der Waals surface area (Å²) in [5.74, 6) is -0.437. The predicted octanol–water partition coefficient (Wildman–Crippen LogP) is 3.49. The van der Waals surface area contributed by atoms with E-state index in [1.807, 2.05) is 0 Å². The smallest absolute Gasteiger partial charge is 0.169 e. The van der Waals surface area contributed by atoms with E-state index in [0.29, 0.717) is 16.3 Å². The van der Waals surface area contributed by atoms with Gasteiger partial charge in [0.2, 0.25) is 0 Å². The molecule has 0 bridgehead atoms. The average molecular weight is 264 g/mol. The van der Waals surface area contributed by atoms with Crippen molar-refractivity contribution in [3.05, 3.63) is 64.4 Å². The van der Waals surface area contributed by atoms with E-state index >= 15 is 0 Å². The molecule has 0 heterocycles. The Morgan fingerprint density at radius 2 is 1.83 bits per heavy atom. The second-order valence-electron chi connectivity index (χ2n) is 3.96. The first-order valence-corrected chi connectivity index (χ1v) is 5.77. The Morgan fingerprint density at radius 3 is 2.44 bits per heavy atom. The monoisotopic (exact) mass is 263 g/mol. The normalized spacial score (nSPS) is 10.3. The Kier molecular flexibility index (Phi) is 3.63. The van der Waals surface area contributed by atoms with E-state index in [2.05, 4.69) is 0 Å². The lowest BCUT2D eigenvalue weighted by Crippen LogP contribution is -2.07. The largest absolute Gasteiger partial charge is 0.398 e. The molecule has 0 aliphatic carbocycles. The van der Waals surface area contributed by atoms with Gasteiger partial charge in [-0.15, -0.1) is 0 Å². The molecule has 0 unspecified atom stereocenters. The number of anilines is 1. The number of carbonyl (C=O) groups is 1. The lowest BCUT2D eigenvalue weighted by Gasteiger charge is -2.05. The van der Waals surface area contributed by atoms with Crippen molar-refractivity contribution in [3.8, 4) is 0 Å². The van der Waals surface area contributed by atoms with Crippen LogP contribution >= 0.6 is 11.6 Å². The molecule has 18 heavy (non-hydrogen) atoms. The lowest BCUT2D eigenvalue weighted by molar-refractivity contribution is 0.0994. The van der Waals surface area contributed by atoms with Gasteiger partial charge < -0.3 is 5.73 Å². The third-order valence-electron chi connectivity index (χ3n) is 2.59. The summed E-state index contributed by atoms with van der Waals surface area (Å²) in [6, 6.07) is 10.6. The highest BCUT2D eigenvalue weighted by atomic mass is 35.5. The first kappa shape index (κ1) is 12.6. The van der Waals surface area contributed by atoms with Gasteiger partial charge in [-0.2, -0.15) is 0 Å². The number of benzene rings is 2. The van der Waals surface area contributed by atoms with Crippen LogP contribution < -0.4 is 5.73 Å². The van der Waals surface area contributed by atoms with Gasteiger partial charge in [0.15, 0.2) is 5.78 Å². The zero-order valence-corrected chi connectivity index (χ0v) is 10.2. The van der Waals surface area contributed by atoms with E-state index in [9.17, 15) is 9.18 Å². The summed E-state index contributed by atoms with van der Waals surface area (Å²) in [4.78, 5) is 12.0. The minimum atomic E-state index is -0.322. The number of carbonyl (C=O) groups excluding carboxylic acids is 1. The number of nitrogens with two attached hydrogens (primary N) is 1. The molecule has 2 aromatic carbocycles. The van der Waals surface area contributed by atoms with Gasteiger partial charge in [-0.25, -0.2) is 4.39 Å². The van der Waals surface area contributed by atoms with Crippen molar-refractivity contribution in [2.45, 2.75) is 6.42 Å². The number of Topliss-reactive ketones (excluding diaryl/α,β-unsaturated/α-hetero) is 1. The molecule has 0 saturated carbocycles. The van der Waals surface area contributed by atoms with Gasteiger partial charge in [-0.1, -0.05) is 23.7 Å². The minimum Gasteiger partial charge on any atom is -0.398 e. The van der Waals surface area contributed by atoms with E-state index in [4.69, 9.17) is 17.3 Å². The van der Waals surface area contributed by atoms with Crippen molar-refractivity contribution < 1.29 is 9.18 Å². The van der Waals surface area contributed by atoms with Crippen molar-refractivity contribution in [2.24, 2.45) is 0 Å².